The van der Waals surface area contributed by atoms with Gasteiger partial charge in [-0.25, -0.2) is 0 Å². The third kappa shape index (κ3) is 11.8. The first-order valence-corrected chi connectivity index (χ1v) is 10.4. The van der Waals surface area contributed by atoms with Crippen LogP contribution in [0.1, 0.15) is 102 Å². The second-order valence-electron chi connectivity index (χ2n) is 7.19. The molecule has 0 bridgehead atoms. The van der Waals surface area contributed by atoms with Crippen LogP contribution in [0, 0.1) is 0 Å². The highest BCUT2D eigenvalue weighted by molar-refractivity contribution is 5.65. The summed E-state index contributed by atoms with van der Waals surface area (Å²) in [5, 5.41) is 0. The van der Waals surface area contributed by atoms with Crippen LogP contribution in [0.5, 0.6) is 0 Å². The van der Waals surface area contributed by atoms with E-state index in [2.05, 4.69) is 25.1 Å². The predicted octanol–water partition coefficient (Wildman–Crippen LogP) is 6.99. The van der Waals surface area contributed by atoms with Crippen LogP contribution in [0.15, 0.2) is 24.3 Å². The fourth-order valence-corrected chi connectivity index (χ4v) is 3.28. The number of esters is 1. The molecule has 0 saturated carbocycles. The number of ether oxygens (including phenoxy) is 1. The van der Waals surface area contributed by atoms with Crippen LogP contribution in [-0.4, -0.2) is 5.97 Å². The van der Waals surface area contributed by atoms with E-state index in [1.165, 1.54) is 89.5 Å². The maximum Gasteiger partial charge on any atom is 0.302 e. The number of unbranched alkanes of at least 4 members (excludes halogenated alkanes) is 11. The molecule has 2 heteroatoms. The van der Waals surface area contributed by atoms with E-state index in [9.17, 15) is 4.79 Å². The maximum absolute atomic E-state index is 11.0. The van der Waals surface area contributed by atoms with E-state index in [1.807, 2.05) is 6.07 Å². The monoisotopic (exact) mass is 346 g/mol. The van der Waals surface area contributed by atoms with Crippen LogP contribution in [0.3, 0.4) is 0 Å². The van der Waals surface area contributed by atoms with Gasteiger partial charge >= 0.3 is 5.97 Å². The van der Waals surface area contributed by atoms with Gasteiger partial charge in [0, 0.05) is 6.92 Å². The molecule has 0 aliphatic heterocycles. The van der Waals surface area contributed by atoms with Gasteiger partial charge in [0.2, 0.25) is 0 Å². The third-order valence-electron chi connectivity index (χ3n) is 4.85. The molecule has 1 aromatic carbocycles. The molecule has 0 spiro atoms. The van der Waals surface area contributed by atoms with Crippen LogP contribution in [0.2, 0.25) is 0 Å². The normalized spacial score (nSPS) is 10.8. The molecule has 2 nitrogen and oxygen atoms in total. The molecular formula is C23H38O2. The number of hydrogen-bond acceptors (Lipinski definition) is 2. The Kier molecular flexibility index (Phi) is 13.0. The van der Waals surface area contributed by atoms with Gasteiger partial charge in [-0.05, 0) is 24.0 Å². The van der Waals surface area contributed by atoms with Crippen LogP contribution >= 0.6 is 0 Å². The van der Waals surface area contributed by atoms with Crippen molar-refractivity contribution in [1.82, 2.24) is 0 Å². The summed E-state index contributed by atoms with van der Waals surface area (Å²) in [7, 11) is 0. The Morgan fingerprint density at radius 1 is 0.760 bits per heavy atom. The summed E-state index contributed by atoms with van der Waals surface area (Å²) in [5.41, 5.74) is 2.48. The minimum absolute atomic E-state index is 0.208. The van der Waals surface area contributed by atoms with Crippen LogP contribution < -0.4 is 0 Å². The lowest BCUT2D eigenvalue weighted by atomic mass is 10.0. The van der Waals surface area contributed by atoms with Crippen LogP contribution in [0.4, 0.5) is 0 Å². The second kappa shape index (κ2) is 15.0. The lowest BCUT2D eigenvalue weighted by Crippen LogP contribution is -2.02. The zero-order chi connectivity index (χ0) is 18.2. The zero-order valence-electron chi connectivity index (χ0n) is 16.5. The van der Waals surface area contributed by atoms with Gasteiger partial charge < -0.3 is 4.74 Å². The first-order valence-electron chi connectivity index (χ1n) is 10.4. The van der Waals surface area contributed by atoms with Gasteiger partial charge in [-0.15, -0.1) is 0 Å². The van der Waals surface area contributed by atoms with E-state index < -0.39 is 0 Å². The summed E-state index contributed by atoms with van der Waals surface area (Å²) in [6.45, 7) is 4.15. The molecule has 0 aromatic heterocycles. The van der Waals surface area contributed by atoms with Gasteiger partial charge in [-0.2, -0.15) is 0 Å². The van der Waals surface area contributed by atoms with Gasteiger partial charge in [-0.1, -0.05) is 102 Å². The van der Waals surface area contributed by atoms with Gasteiger partial charge in [0.05, 0.1) is 0 Å². The Labute approximate surface area is 155 Å². The maximum atomic E-state index is 11.0. The fourth-order valence-electron chi connectivity index (χ4n) is 3.28. The smallest absolute Gasteiger partial charge is 0.302 e. The molecule has 0 unspecified atom stereocenters. The summed E-state index contributed by atoms with van der Waals surface area (Å²) in [4.78, 5) is 11.0. The molecular weight excluding hydrogens is 308 g/mol. The molecule has 0 heterocycles. The highest BCUT2D eigenvalue weighted by Crippen LogP contribution is 2.16. The second-order valence-corrected chi connectivity index (χ2v) is 7.19. The molecule has 0 radical (unpaired) electrons. The van der Waals surface area contributed by atoms with Crippen molar-refractivity contribution in [2.24, 2.45) is 0 Å². The fraction of sp³-hybridized carbons (Fsp3) is 0.696. The zero-order valence-corrected chi connectivity index (χ0v) is 16.5. The van der Waals surface area contributed by atoms with E-state index in [4.69, 9.17) is 4.74 Å². The summed E-state index contributed by atoms with van der Waals surface area (Å²) >= 11 is 0. The molecule has 1 aromatic rings. The molecule has 0 amide bonds. The Balaban J connectivity index is 2.02. The number of rotatable bonds is 15. The lowest BCUT2D eigenvalue weighted by Gasteiger charge is -2.09. The van der Waals surface area contributed by atoms with Crippen molar-refractivity contribution >= 4 is 5.97 Å². The highest BCUT2D eigenvalue weighted by Gasteiger charge is 2.03. The molecule has 0 N–H and O–H groups in total. The van der Waals surface area contributed by atoms with Crippen molar-refractivity contribution in [3.8, 4) is 0 Å². The molecule has 0 aliphatic rings. The van der Waals surface area contributed by atoms with Gasteiger partial charge in [-0.3, -0.25) is 4.79 Å². The Hall–Kier alpha value is -1.31. The summed E-state index contributed by atoms with van der Waals surface area (Å²) in [5.74, 6) is -0.208. The number of aryl methyl sites for hydroxylation is 1. The van der Waals surface area contributed by atoms with Crippen molar-refractivity contribution in [2.75, 3.05) is 0 Å². The van der Waals surface area contributed by atoms with Crippen molar-refractivity contribution < 1.29 is 9.53 Å². The Bertz CT molecular complexity index is 453. The molecule has 25 heavy (non-hydrogen) atoms. The van der Waals surface area contributed by atoms with Gasteiger partial charge in [0.15, 0.2) is 0 Å². The summed E-state index contributed by atoms with van der Waals surface area (Å²) in [6.07, 6.45) is 17.6. The minimum atomic E-state index is -0.208. The lowest BCUT2D eigenvalue weighted by molar-refractivity contribution is -0.142. The highest BCUT2D eigenvalue weighted by atomic mass is 16.5. The first-order chi connectivity index (χ1) is 12.2. The van der Waals surface area contributed by atoms with Crippen molar-refractivity contribution in [3.63, 3.8) is 0 Å². The molecule has 0 aliphatic carbocycles. The Morgan fingerprint density at radius 3 is 1.76 bits per heavy atom. The van der Waals surface area contributed by atoms with E-state index in [1.54, 1.807) is 0 Å². The number of carbonyl (C=O) groups is 1. The van der Waals surface area contributed by atoms with Gasteiger partial charge in [0.1, 0.15) is 6.61 Å². The van der Waals surface area contributed by atoms with Crippen LogP contribution in [0.25, 0.3) is 0 Å². The largest absolute Gasteiger partial charge is 0.461 e. The number of benzene rings is 1. The molecule has 142 valence electrons. The average molecular weight is 347 g/mol. The van der Waals surface area contributed by atoms with E-state index in [-0.39, 0.29) is 5.97 Å². The van der Waals surface area contributed by atoms with Crippen molar-refractivity contribution in [2.45, 2.75) is 104 Å². The van der Waals surface area contributed by atoms with Crippen molar-refractivity contribution in [1.29, 1.82) is 0 Å². The van der Waals surface area contributed by atoms with E-state index in [0.29, 0.717) is 6.61 Å². The van der Waals surface area contributed by atoms with Gasteiger partial charge in [0.25, 0.3) is 0 Å². The van der Waals surface area contributed by atoms with E-state index >= 15 is 0 Å². The molecule has 0 atom stereocenters. The predicted molar refractivity (Wildman–Crippen MR) is 107 cm³/mol. The SMILES string of the molecule is CCCCCCCCCCCCCCc1ccccc1COC(C)=O. The standard InChI is InChI=1S/C23H38O2/c1-3-4-5-6-7-8-9-10-11-12-13-14-17-22-18-15-16-19-23(22)20-25-21(2)24/h15-16,18-19H,3-14,17,20H2,1-2H3. The summed E-state index contributed by atoms with van der Waals surface area (Å²) in [6, 6.07) is 8.33. The first kappa shape index (κ1) is 21.7. The topological polar surface area (TPSA) is 26.3 Å². The third-order valence-corrected chi connectivity index (χ3v) is 4.85. The molecule has 0 saturated heterocycles. The molecule has 1 rings (SSSR count). The Morgan fingerprint density at radius 2 is 1.24 bits per heavy atom. The minimum Gasteiger partial charge on any atom is -0.461 e. The van der Waals surface area contributed by atoms with Crippen molar-refractivity contribution in [3.05, 3.63) is 35.4 Å². The van der Waals surface area contributed by atoms with Crippen LogP contribution in [-0.2, 0) is 22.6 Å². The average Bonchev–Trinajstić information content (AvgIpc) is 2.61. The number of hydrogen-bond donors (Lipinski definition) is 0. The van der Waals surface area contributed by atoms with E-state index in [0.717, 1.165) is 12.0 Å². The number of carbonyl (C=O) groups excluding carboxylic acids is 1. The molecule has 0 fully saturated rings. The quantitative estimate of drug-likeness (QED) is 0.252. The summed E-state index contributed by atoms with van der Waals surface area (Å²) < 4.78 is 5.14.